The van der Waals surface area contributed by atoms with E-state index < -0.39 is 0 Å². The van der Waals surface area contributed by atoms with Crippen molar-refractivity contribution in [3.05, 3.63) is 83.9 Å². The van der Waals surface area contributed by atoms with Gasteiger partial charge in [0.2, 0.25) is 0 Å². The van der Waals surface area contributed by atoms with Crippen LogP contribution in [0.4, 0.5) is 0 Å². The Kier molecular flexibility index (Phi) is 13.5. The predicted molar refractivity (Wildman–Crippen MR) is 103 cm³/mol. The van der Waals surface area contributed by atoms with Gasteiger partial charge in [0.05, 0.1) is 0 Å². The second-order valence-electron chi connectivity index (χ2n) is 5.32. The molecule has 0 fully saturated rings. The molecule has 0 amide bonds. The van der Waals surface area contributed by atoms with Gasteiger partial charge in [-0.05, 0) is 13.8 Å². The molecule has 0 nitrogen and oxygen atoms in total. The van der Waals surface area contributed by atoms with Crippen molar-refractivity contribution in [1.29, 1.82) is 0 Å². The SMILES string of the molecule is Cc1ccc2[cH-]ccc2c1.Cc1ccc2[cH-]ccc2c1.Cl.Cl.[Zr+2].[Zr]. The van der Waals surface area contributed by atoms with Gasteiger partial charge < -0.3 is 0 Å². The molecular weight excluding hydrogens is 494 g/mol. The molecule has 4 heteroatoms. The molecule has 0 aliphatic rings. The van der Waals surface area contributed by atoms with Crippen molar-refractivity contribution < 1.29 is 52.4 Å². The summed E-state index contributed by atoms with van der Waals surface area (Å²) in [6.07, 6.45) is 0. The number of hydrogen-bond donors (Lipinski definition) is 0. The number of halogens is 2. The quantitative estimate of drug-likeness (QED) is 0.233. The van der Waals surface area contributed by atoms with E-state index in [1.165, 1.54) is 32.7 Å². The Morgan fingerprint density at radius 3 is 1.38 bits per heavy atom. The molecule has 0 bridgehead atoms. The average Bonchev–Trinajstić information content (AvgIpc) is 3.06. The first kappa shape index (κ1) is 26.2. The van der Waals surface area contributed by atoms with Gasteiger partial charge in [-0.1, -0.05) is 11.1 Å². The number of fused-ring (bicyclic) bond motifs is 2. The molecule has 122 valence electrons. The van der Waals surface area contributed by atoms with E-state index in [0.717, 1.165) is 0 Å². The van der Waals surface area contributed by atoms with Crippen LogP contribution in [0.3, 0.4) is 0 Å². The summed E-state index contributed by atoms with van der Waals surface area (Å²) in [5.74, 6) is 0. The summed E-state index contributed by atoms with van der Waals surface area (Å²) in [5, 5.41) is 5.37. The zero-order valence-corrected chi connectivity index (χ0v) is 20.3. The van der Waals surface area contributed by atoms with E-state index >= 15 is 0 Å². The number of rotatable bonds is 0. The fraction of sp³-hybridized carbons (Fsp3) is 0.100. The number of aryl methyl sites for hydroxylation is 2. The second-order valence-corrected chi connectivity index (χ2v) is 5.32. The smallest absolute Gasteiger partial charge is 0.168 e. The average molecular weight is 514 g/mol. The minimum absolute atomic E-state index is 0. The van der Waals surface area contributed by atoms with Gasteiger partial charge in [-0.3, -0.25) is 0 Å². The van der Waals surface area contributed by atoms with Crippen molar-refractivity contribution >= 4 is 46.4 Å². The topological polar surface area (TPSA) is 0 Å². The van der Waals surface area contributed by atoms with Crippen molar-refractivity contribution in [3.8, 4) is 0 Å². The first-order chi connectivity index (χ1) is 9.72. The maximum atomic E-state index is 2.20. The predicted octanol–water partition coefficient (Wildman–Crippen LogP) is 6.57. The van der Waals surface area contributed by atoms with Gasteiger partial charge in [0, 0.05) is 26.2 Å². The third kappa shape index (κ3) is 6.72. The first-order valence-electron chi connectivity index (χ1n) is 6.96. The normalized spacial score (nSPS) is 8.75. The molecule has 0 N–H and O–H groups in total. The third-order valence-corrected chi connectivity index (χ3v) is 3.59. The van der Waals surface area contributed by atoms with Crippen LogP contribution in [0.5, 0.6) is 0 Å². The Morgan fingerprint density at radius 1 is 0.625 bits per heavy atom. The van der Waals surface area contributed by atoms with Gasteiger partial charge in [-0.25, -0.2) is 0 Å². The van der Waals surface area contributed by atoms with Crippen LogP contribution < -0.4 is 0 Å². The van der Waals surface area contributed by atoms with E-state index in [1.807, 2.05) is 0 Å². The van der Waals surface area contributed by atoms with Crippen molar-refractivity contribution in [1.82, 2.24) is 0 Å². The molecule has 0 aromatic heterocycles. The number of benzene rings is 2. The Hall–Kier alpha value is 0.00623. The van der Waals surface area contributed by atoms with Crippen LogP contribution in [0.2, 0.25) is 0 Å². The maximum Gasteiger partial charge on any atom is 2.00 e. The molecule has 0 radical (unpaired) electrons. The van der Waals surface area contributed by atoms with Crippen molar-refractivity contribution in [2.75, 3.05) is 0 Å². The van der Waals surface area contributed by atoms with Gasteiger partial charge >= 0.3 is 26.2 Å². The van der Waals surface area contributed by atoms with Crippen LogP contribution in [0.25, 0.3) is 21.5 Å². The summed E-state index contributed by atoms with van der Waals surface area (Å²) in [7, 11) is 0. The molecule has 0 unspecified atom stereocenters. The first-order valence-corrected chi connectivity index (χ1v) is 6.96. The fourth-order valence-corrected chi connectivity index (χ4v) is 2.49. The maximum absolute atomic E-state index is 2.20. The molecule has 0 spiro atoms. The Morgan fingerprint density at radius 2 is 1.00 bits per heavy atom. The minimum atomic E-state index is 0. The van der Waals surface area contributed by atoms with Crippen LogP contribution in [-0.4, -0.2) is 0 Å². The molecule has 0 aliphatic heterocycles. The second kappa shape index (κ2) is 12.4. The summed E-state index contributed by atoms with van der Waals surface area (Å²) in [5.41, 5.74) is 2.66. The third-order valence-electron chi connectivity index (χ3n) is 3.59. The zero-order valence-electron chi connectivity index (χ0n) is 13.7. The molecule has 0 atom stereocenters. The van der Waals surface area contributed by atoms with Crippen LogP contribution in [0.1, 0.15) is 11.1 Å². The molecule has 4 aromatic carbocycles. The van der Waals surface area contributed by atoms with Gasteiger partial charge in [0.15, 0.2) is 0 Å². The van der Waals surface area contributed by atoms with Crippen LogP contribution in [-0.2, 0) is 52.4 Å². The molecule has 0 saturated heterocycles. The Labute approximate surface area is 194 Å². The minimum Gasteiger partial charge on any atom is -0.168 e. The molecule has 0 heterocycles. The van der Waals surface area contributed by atoms with Gasteiger partial charge in [0.1, 0.15) is 0 Å². The standard InChI is InChI=1S/2C10H9.2ClH.2Zr/c2*1-8-5-6-9-3-2-4-10(9)7-8;;;;/h2*2-7H,1H3;2*1H;;/q2*-1;;;;+2. The molecular formula is C20H20Cl2Zr2. The van der Waals surface area contributed by atoms with E-state index in [-0.39, 0.29) is 77.2 Å². The summed E-state index contributed by atoms with van der Waals surface area (Å²) in [6.45, 7) is 4.24. The van der Waals surface area contributed by atoms with E-state index in [2.05, 4.69) is 86.6 Å². The van der Waals surface area contributed by atoms with Gasteiger partial charge in [-0.2, -0.15) is 35.0 Å². The molecule has 4 aromatic rings. The summed E-state index contributed by atoms with van der Waals surface area (Å²) in [4.78, 5) is 0. The fourth-order valence-electron chi connectivity index (χ4n) is 2.49. The van der Waals surface area contributed by atoms with E-state index in [9.17, 15) is 0 Å². The Bertz CT molecular complexity index is 775. The summed E-state index contributed by atoms with van der Waals surface area (Å²) < 4.78 is 0. The van der Waals surface area contributed by atoms with Crippen LogP contribution >= 0.6 is 24.8 Å². The molecule has 24 heavy (non-hydrogen) atoms. The Balaban J connectivity index is 0. The van der Waals surface area contributed by atoms with Crippen molar-refractivity contribution in [2.24, 2.45) is 0 Å². The van der Waals surface area contributed by atoms with Gasteiger partial charge in [-0.15, -0.1) is 84.1 Å². The van der Waals surface area contributed by atoms with E-state index in [4.69, 9.17) is 0 Å². The van der Waals surface area contributed by atoms with E-state index in [0.29, 0.717) is 0 Å². The van der Waals surface area contributed by atoms with E-state index in [1.54, 1.807) is 0 Å². The molecule has 0 saturated carbocycles. The monoisotopic (exact) mass is 510 g/mol. The van der Waals surface area contributed by atoms with Crippen molar-refractivity contribution in [3.63, 3.8) is 0 Å². The van der Waals surface area contributed by atoms with Crippen LogP contribution in [0, 0.1) is 13.8 Å². The molecule has 0 aliphatic carbocycles. The van der Waals surface area contributed by atoms with Crippen LogP contribution in [0.15, 0.2) is 72.8 Å². The molecule has 4 rings (SSSR count). The largest absolute Gasteiger partial charge is 2.00 e. The zero-order chi connectivity index (χ0) is 13.9. The van der Waals surface area contributed by atoms with Crippen molar-refractivity contribution in [2.45, 2.75) is 13.8 Å². The van der Waals surface area contributed by atoms with Gasteiger partial charge in [0.25, 0.3) is 0 Å². The summed E-state index contributed by atoms with van der Waals surface area (Å²) >= 11 is 0. The summed E-state index contributed by atoms with van der Waals surface area (Å²) in [6, 6.07) is 25.7. The number of hydrogen-bond acceptors (Lipinski definition) is 0.